The third-order valence-electron chi connectivity index (χ3n) is 3.57. The van der Waals surface area contributed by atoms with Crippen molar-refractivity contribution in [3.8, 4) is 0 Å². The van der Waals surface area contributed by atoms with Crippen LogP contribution in [0.4, 0.5) is 4.79 Å². The second-order valence-electron chi connectivity index (χ2n) is 5.84. The SMILES string of the molecule is CC(=O)[C@@H](NC(=O)N[C@@H](CC(N)=O)C1NNC([C@@H](N)CO)O1)C(C)O. The van der Waals surface area contributed by atoms with Gasteiger partial charge in [0.15, 0.2) is 5.78 Å². The van der Waals surface area contributed by atoms with Crippen molar-refractivity contribution in [3.63, 3.8) is 0 Å². The Bertz CT molecular complexity index is 490. The molecular weight excluding hydrogens is 336 g/mol. The summed E-state index contributed by atoms with van der Waals surface area (Å²) in [6, 6.07) is -3.49. The summed E-state index contributed by atoms with van der Waals surface area (Å²) in [6.07, 6.45) is -2.94. The van der Waals surface area contributed by atoms with Gasteiger partial charge in [0.2, 0.25) is 5.91 Å². The highest BCUT2D eigenvalue weighted by Gasteiger charge is 2.36. The van der Waals surface area contributed by atoms with Crippen molar-refractivity contribution in [2.75, 3.05) is 6.61 Å². The molecule has 0 radical (unpaired) electrons. The van der Waals surface area contributed by atoms with Crippen LogP contribution in [0.5, 0.6) is 0 Å². The van der Waals surface area contributed by atoms with E-state index < -0.39 is 54.4 Å². The van der Waals surface area contributed by atoms with Gasteiger partial charge in [-0.15, -0.1) is 0 Å². The summed E-state index contributed by atoms with van der Waals surface area (Å²) in [5.74, 6) is -1.12. The van der Waals surface area contributed by atoms with E-state index in [1.165, 1.54) is 13.8 Å². The van der Waals surface area contributed by atoms with Gasteiger partial charge in [-0.2, -0.15) is 0 Å². The molecule has 1 fully saturated rings. The molecule has 0 saturated carbocycles. The van der Waals surface area contributed by atoms with E-state index in [0.29, 0.717) is 0 Å². The Morgan fingerprint density at radius 1 is 1.24 bits per heavy atom. The number of primary amides is 1. The number of aliphatic hydroxyl groups is 2. The average Bonchev–Trinajstić information content (AvgIpc) is 3.00. The molecule has 1 aliphatic rings. The van der Waals surface area contributed by atoms with Crippen molar-refractivity contribution in [1.82, 2.24) is 21.5 Å². The van der Waals surface area contributed by atoms with E-state index in [0.717, 1.165) is 0 Å². The highest BCUT2D eigenvalue weighted by atomic mass is 16.6. The van der Waals surface area contributed by atoms with Gasteiger partial charge in [0.25, 0.3) is 0 Å². The molecule has 3 amide bonds. The van der Waals surface area contributed by atoms with Crippen LogP contribution in [0, 0.1) is 0 Å². The first-order valence-corrected chi connectivity index (χ1v) is 7.72. The minimum Gasteiger partial charge on any atom is -0.395 e. The number of nitrogens with two attached hydrogens (primary N) is 2. The highest BCUT2D eigenvalue weighted by Crippen LogP contribution is 2.10. The van der Waals surface area contributed by atoms with Crippen molar-refractivity contribution < 1.29 is 29.3 Å². The number of hydrogen-bond donors (Lipinski definition) is 8. The van der Waals surface area contributed by atoms with Crippen LogP contribution in [-0.2, 0) is 14.3 Å². The van der Waals surface area contributed by atoms with Crippen molar-refractivity contribution >= 4 is 17.7 Å². The summed E-state index contributed by atoms with van der Waals surface area (Å²) in [5.41, 5.74) is 16.2. The van der Waals surface area contributed by atoms with Gasteiger partial charge in [0.1, 0.15) is 18.5 Å². The molecule has 10 N–H and O–H groups in total. The maximum absolute atomic E-state index is 12.1. The van der Waals surface area contributed by atoms with Crippen LogP contribution in [0.15, 0.2) is 0 Å². The van der Waals surface area contributed by atoms with Crippen molar-refractivity contribution in [2.45, 2.75) is 57.0 Å². The number of ether oxygens (including phenoxy) is 1. The number of aliphatic hydroxyl groups excluding tert-OH is 2. The molecule has 1 rings (SSSR count). The lowest BCUT2D eigenvalue weighted by Gasteiger charge is -2.25. The number of nitrogens with one attached hydrogen (secondary N) is 4. The Morgan fingerprint density at radius 3 is 2.32 bits per heavy atom. The monoisotopic (exact) mass is 362 g/mol. The molecule has 0 aromatic carbocycles. The lowest BCUT2D eigenvalue weighted by atomic mass is 10.1. The minimum atomic E-state index is -1.10. The second-order valence-corrected chi connectivity index (χ2v) is 5.84. The zero-order chi connectivity index (χ0) is 19.1. The Morgan fingerprint density at radius 2 is 1.84 bits per heavy atom. The van der Waals surface area contributed by atoms with Crippen LogP contribution in [0.25, 0.3) is 0 Å². The number of Topliss-reactive ketones (excluding diaryl/α,β-unsaturated/α-hetero) is 1. The third-order valence-corrected chi connectivity index (χ3v) is 3.57. The smallest absolute Gasteiger partial charge is 0.315 e. The van der Waals surface area contributed by atoms with Gasteiger partial charge in [-0.25, -0.2) is 15.6 Å². The summed E-state index contributed by atoms with van der Waals surface area (Å²) in [5, 5.41) is 23.3. The minimum absolute atomic E-state index is 0.257. The maximum Gasteiger partial charge on any atom is 0.315 e. The van der Waals surface area contributed by atoms with E-state index in [2.05, 4.69) is 21.5 Å². The standard InChI is InChI=1S/C13H26N6O6/c1-5(21)10(6(2)22)17-13(24)16-8(3-9(15)23)12-19-18-11(25-12)7(14)4-20/h5,7-8,10-12,18-21H,3-4,14H2,1-2H3,(H2,15,23)(H2,16,17,24)/t5?,7-,8-,10-,11?,12?/m0/s1. The van der Waals surface area contributed by atoms with Gasteiger partial charge >= 0.3 is 6.03 Å². The topological polar surface area (TPSA) is 201 Å². The summed E-state index contributed by atoms with van der Waals surface area (Å²) >= 11 is 0. The number of rotatable bonds is 9. The summed E-state index contributed by atoms with van der Waals surface area (Å²) in [7, 11) is 0. The molecule has 3 unspecified atom stereocenters. The maximum atomic E-state index is 12.1. The fourth-order valence-corrected chi connectivity index (χ4v) is 2.25. The molecule has 1 aliphatic heterocycles. The van der Waals surface area contributed by atoms with E-state index >= 15 is 0 Å². The molecule has 0 aliphatic carbocycles. The largest absolute Gasteiger partial charge is 0.395 e. The first kappa shape index (κ1) is 21.2. The number of carbonyl (C=O) groups excluding carboxylic acids is 3. The van der Waals surface area contributed by atoms with Crippen molar-refractivity contribution in [1.29, 1.82) is 0 Å². The summed E-state index contributed by atoms with van der Waals surface area (Å²) in [6.45, 7) is 2.25. The highest BCUT2D eigenvalue weighted by molar-refractivity contribution is 5.87. The normalized spacial score (nSPS) is 24.8. The predicted molar refractivity (Wildman–Crippen MR) is 85.4 cm³/mol. The summed E-state index contributed by atoms with van der Waals surface area (Å²) < 4.78 is 5.50. The molecule has 0 bridgehead atoms. The van der Waals surface area contributed by atoms with Crippen LogP contribution in [0.1, 0.15) is 20.3 Å². The third kappa shape index (κ3) is 6.53. The number of urea groups is 1. The Hall–Kier alpha value is -1.83. The molecule has 12 nitrogen and oxygen atoms in total. The Balaban J connectivity index is 2.71. The van der Waals surface area contributed by atoms with Crippen LogP contribution in [0.2, 0.25) is 0 Å². The van der Waals surface area contributed by atoms with E-state index in [4.69, 9.17) is 21.3 Å². The first-order valence-electron chi connectivity index (χ1n) is 7.72. The number of carbonyl (C=O) groups is 3. The van der Waals surface area contributed by atoms with Crippen LogP contribution in [0.3, 0.4) is 0 Å². The van der Waals surface area contributed by atoms with Crippen LogP contribution >= 0.6 is 0 Å². The molecule has 0 spiro atoms. The molecule has 1 saturated heterocycles. The van der Waals surface area contributed by atoms with Crippen molar-refractivity contribution in [3.05, 3.63) is 0 Å². The number of hydrogen-bond acceptors (Lipinski definition) is 9. The zero-order valence-electron chi connectivity index (χ0n) is 14.1. The van der Waals surface area contributed by atoms with Gasteiger partial charge in [-0.3, -0.25) is 9.59 Å². The second kappa shape index (κ2) is 9.60. The molecule has 25 heavy (non-hydrogen) atoms. The Labute approximate surface area is 144 Å². The van der Waals surface area contributed by atoms with Gasteiger partial charge in [-0.1, -0.05) is 0 Å². The lowest BCUT2D eigenvalue weighted by Crippen LogP contribution is -2.57. The van der Waals surface area contributed by atoms with Crippen LogP contribution < -0.4 is 33.0 Å². The molecule has 0 aromatic heterocycles. The van der Waals surface area contributed by atoms with Crippen molar-refractivity contribution in [2.24, 2.45) is 11.5 Å². The zero-order valence-corrected chi connectivity index (χ0v) is 14.1. The predicted octanol–water partition coefficient (Wildman–Crippen LogP) is -4.04. The lowest BCUT2D eigenvalue weighted by molar-refractivity contribution is -0.121. The first-order chi connectivity index (χ1) is 11.6. The van der Waals surface area contributed by atoms with E-state index in [-0.39, 0.29) is 13.0 Å². The van der Waals surface area contributed by atoms with Gasteiger partial charge in [0, 0.05) is 0 Å². The Kier molecular flexibility index (Phi) is 8.15. The van der Waals surface area contributed by atoms with Gasteiger partial charge in [-0.05, 0) is 13.8 Å². The fourth-order valence-electron chi connectivity index (χ4n) is 2.25. The molecule has 1 heterocycles. The average molecular weight is 362 g/mol. The van der Waals surface area contributed by atoms with E-state index in [1.54, 1.807) is 0 Å². The molecular formula is C13H26N6O6. The van der Waals surface area contributed by atoms with Gasteiger partial charge in [0.05, 0.1) is 31.2 Å². The fraction of sp³-hybridized carbons (Fsp3) is 0.769. The van der Waals surface area contributed by atoms with E-state index in [9.17, 15) is 19.5 Å². The number of amides is 3. The molecule has 12 heteroatoms. The molecule has 0 aromatic rings. The molecule has 6 atom stereocenters. The molecule has 144 valence electrons. The van der Waals surface area contributed by atoms with E-state index in [1.807, 2.05) is 0 Å². The van der Waals surface area contributed by atoms with Gasteiger partial charge < -0.3 is 37.1 Å². The van der Waals surface area contributed by atoms with Crippen LogP contribution in [-0.4, -0.2) is 71.2 Å². The quantitative estimate of drug-likeness (QED) is 0.201. The number of hydrazine groups is 1. The number of ketones is 1. The summed E-state index contributed by atoms with van der Waals surface area (Å²) in [4.78, 5) is 34.8.